The van der Waals surface area contributed by atoms with Gasteiger partial charge in [0.15, 0.2) is 0 Å². The topological polar surface area (TPSA) is 47.3 Å². The van der Waals surface area contributed by atoms with Crippen LogP contribution in [0.4, 0.5) is 0 Å². The third-order valence-corrected chi connectivity index (χ3v) is 2.22. The van der Waals surface area contributed by atoms with E-state index in [2.05, 4.69) is 4.98 Å². The number of aryl methyl sites for hydroxylation is 2. The van der Waals surface area contributed by atoms with Gasteiger partial charge in [0, 0.05) is 33.0 Å². The van der Waals surface area contributed by atoms with E-state index in [1.54, 1.807) is 13.3 Å². The number of imidazole rings is 1. The van der Waals surface area contributed by atoms with Crippen molar-refractivity contribution in [1.29, 1.82) is 0 Å². The monoisotopic (exact) mass is 198 g/mol. The Bertz CT molecular complexity index is 260. The van der Waals surface area contributed by atoms with Gasteiger partial charge in [0.05, 0.1) is 12.7 Å². The number of aliphatic hydroxyl groups is 1. The molecule has 0 aliphatic rings. The molecule has 0 spiro atoms. The van der Waals surface area contributed by atoms with Gasteiger partial charge in [-0.2, -0.15) is 0 Å². The Morgan fingerprint density at radius 1 is 1.64 bits per heavy atom. The van der Waals surface area contributed by atoms with Gasteiger partial charge in [-0.25, -0.2) is 4.98 Å². The van der Waals surface area contributed by atoms with Crippen LogP contribution in [0.25, 0.3) is 0 Å². The molecule has 1 atom stereocenters. The second-order valence-electron chi connectivity index (χ2n) is 3.46. The number of hydrogen-bond acceptors (Lipinski definition) is 3. The highest BCUT2D eigenvalue weighted by Gasteiger charge is 2.04. The molecule has 0 radical (unpaired) electrons. The molecule has 1 rings (SSSR count). The fourth-order valence-electron chi connectivity index (χ4n) is 1.41. The average molecular weight is 198 g/mol. The summed E-state index contributed by atoms with van der Waals surface area (Å²) >= 11 is 0. The minimum Gasteiger partial charge on any atom is -0.391 e. The molecule has 1 aromatic rings. The normalized spacial score (nSPS) is 13.1. The molecular weight excluding hydrogens is 180 g/mol. The molecule has 4 heteroatoms. The Balaban J connectivity index is 2.19. The van der Waals surface area contributed by atoms with Crippen LogP contribution in [-0.4, -0.2) is 34.5 Å². The quantitative estimate of drug-likeness (QED) is 0.733. The first-order valence-corrected chi connectivity index (χ1v) is 4.87. The lowest BCUT2D eigenvalue weighted by atomic mass is 10.1. The van der Waals surface area contributed by atoms with E-state index in [-0.39, 0.29) is 6.10 Å². The molecule has 0 saturated carbocycles. The van der Waals surface area contributed by atoms with E-state index in [4.69, 9.17) is 4.74 Å². The molecule has 1 heterocycles. The molecule has 4 nitrogen and oxygen atoms in total. The Kier molecular flexibility index (Phi) is 4.62. The maximum Gasteiger partial charge on any atom is 0.108 e. The second-order valence-corrected chi connectivity index (χ2v) is 3.46. The van der Waals surface area contributed by atoms with E-state index in [0.29, 0.717) is 6.61 Å². The number of hydrogen-bond donors (Lipinski definition) is 1. The van der Waals surface area contributed by atoms with Crippen molar-refractivity contribution in [3.63, 3.8) is 0 Å². The lowest BCUT2D eigenvalue weighted by Crippen LogP contribution is -2.14. The van der Waals surface area contributed by atoms with E-state index >= 15 is 0 Å². The summed E-state index contributed by atoms with van der Waals surface area (Å²) in [5.41, 5.74) is 0. The maximum atomic E-state index is 9.39. The fourth-order valence-corrected chi connectivity index (χ4v) is 1.41. The first kappa shape index (κ1) is 11.2. The number of nitrogens with zero attached hydrogens (tertiary/aromatic N) is 2. The Morgan fingerprint density at radius 3 is 3.00 bits per heavy atom. The number of aliphatic hydroxyl groups excluding tert-OH is 1. The zero-order valence-electron chi connectivity index (χ0n) is 8.81. The van der Waals surface area contributed by atoms with Gasteiger partial charge in [-0.05, 0) is 12.8 Å². The SMILES string of the molecule is COCC(O)CCCc1nccn1C. The summed E-state index contributed by atoms with van der Waals surface area (Å²) in [6, 6.07) is 0. The van der Waals surface area contributed by atoms with Crippen LogP contribution in [-0.2, 0) is 18.2 Å². The summed E-state index contributed by atoms with van der Waals surface area (Å²) in [4.78, 5) is 4.21. The third-order valence-electron chi connectivity index (χ3n) is 2.22. The largest absolute Gasteiger partial charge is 0.391 e. The van der Waals surface area contributed by atoms with Crippen molar-refractivity contribution in [1.82, 2.24) is 9.55 Å². The molecule has 1 N–H and O–H groups in total. The molecule has 0 aliphatic heterocycles. The lowest BCUT2D eigenvalue weighted by molar-refractivity contribution is 0.0580. The first-order valence-electron chi connectivity index (χ1n) is 4.87. The molecule has 0 bridgehead atoms. The predicted octanol–water partition coefficient (Wildman–Crippen LogP) is 0.750. The fraction of sp³-hybridized carbons (Fsp3) is 0.700. The van der Waals surface area contributed by atoms with Crippen molar-refractivity contribution < 1.29 is 9.84 Å². The van der Waals surface area contributed by atoms with Crippen LogP contribution >= 0.6 is 0 Å². The van der Waals surface area contributed by atoms with Crippen LogP contribution in [0.1, 0.15) is 18.7 Å². The zero-order valence-corrected chi connectivity index (χ0v) is 8.81. The number of aromatic nitrogens is 2. The number of rotatable bonds is 6. The highest BCUT2D eigenvalue weighted by Crippen LogP contribution is 2.04. The lowest BCUT2D eigenvalue weighted by Gasteiger charge is -2.08. The van der Waals surface area contributed by atoms with E-state index in [1.165, 1.54) is 0 Å². The Morgan fingerprint density at radius 2 is 2.43 bits per heavy atom. The van der Waals surface area contributed by atoms with Gasteiger partial charge in [-0.1, -0.05) is 0 Å². The standard InChI is InChI=1S/C10H18N2O2/c1-12-7-6-11-10(12)5-3-4-9(13)8-14-2/h6-7,9,13H,3-5,8H2,1-2H3. The smallest absolute Gasteiger partial charge is 0.108 e. The molecule has 0 aromatic carbocycles. The highest BCUT2D eigenvalue weighted by molar-refractivity contribution is 4.90. The van der Waals surface area contributed by atoms with Gasteiger partial charge in [-0.3, -0.25) is 0 Å². The maximum absolute atomic E-state index is 9.39. The minimum atomic E-state index is -0.347. The van der Waals surface area contributed by atoms with Crippen LogP contribution in [0.3, 0.4) is 0 Å². The first-order chi connectivity index (χ1) is 6.74. The summed E-state index contributed by atoms with van der Waals surface area (Å²) in [5, 5.41) is 9.39. The summed E-state index contributed by atoms with van der Waals surface area (Å²) in [6.07, 6.45) is 5.99. The summed E-state index contributed by atoms with van der Waals surface area (Å²) in [7, 11) is 3.58. The molecule has 1 aromatic heterocycles. The summed E-state index contributed by atoms with van der Waals surface area (Å²) in [6.45, 7) is 0.417. The van der Waals surface area contributed by atoms with Crippen molar-refractivity contribution in [2.45, 2.75) is 25.4 Å². The van der Waals surface area contributed by atoms with E-state index in [0.717, 1.165) is 25.1 Å². The van der Waals surface area contributed by atoms with Crippen molar-refractivity contribution in [2.75, 3.05) is 13.7 Å². The van der Waals surface area contributed by atoms with Gasteiger partial charge >= 0.3 is 0 Å². The molecule has 0 amide bonds. The molecule has 80 valence electrons. The average Bonchev–Trinajstić information content (AvgIpc) is 2.52. The van der Waals surface area contributed by atoms with E-state index < -0.39 is 0 Å². The second kappa shape index (κ2) is 5.78. The van der Waals surface area contributed by atoms with E-state index in [9.17, 15) is 5.11 Å². The Hall–Kier alpha value is -0.870. The van der Waals surface area contributed by atoms with Gasteiger partial charge in [0.1, 0.15) is 5.82 Å². The summed E-state index contributed by atoms with van der Waals surface area (Å²) < 4.78 is 6.85. The van der Waals surface area contributed by atoms with Crippen molar-refractivity contribution >= 4 is 0 Å². The van der Waals surface area contributed by atoms with Crippen molar-refractivity contribution in [2.24, 2.45) is 7.05 Å². The van der Waals surface area contributed by atoms with E-state index in [1.807, 2.05) is 17.8 Å². The summed E-state index contributed by atoms with van der Waals surface area (Å²) in [5.74, 6) is 1.06. The molecule has 0 aliphatic carbocycles. The van der Waals surface area contributed by atoms with Gasteiger partial charge in [0.25, 0.3) is 0 Å². The Labute approximate surface area is 84.5 Å². The highest BCUT2D eigenvalue weighted by atomic mass is 16.5. The molecule has 14 heavy (non-hydrogen) atoms. The van der Waals surface area contributed by atoms with Gasteiger partial charge < -0.3 is 14.4 Å². The third kappa shape index (κ3) is 3.47. The molecule has 1 unspecified atom stereocenters. The molecular formula is C10H18N2O2. The van der Waals surface area contributed by atoms with Crippen LogP contribution in [0.5, 0.6) is 0 Å². The van der Waals surface area contributed by atoms with Crippen LogP contribution in [0.2, 0.25) is 0 Å². The molecule has 0 fully saturated rings. The van der Waals surface area contributed by atoms with Crippen molar-refractivity contribution in [3.05, 3.63) is 18.2 Å². The van der Waals surface area contributed by atoms with Crippen LogP contribution < -0.4 is 0 Å². The van der Waals surface area contributed by atoms with Crippen LogP contribution in [0.15, 0.2) is 12.4 Å². The number of ether oxygens (including phenoxy) is 1. The van der Waals surface area contributed by atoms with Gasteiger partial charge in [-0.15, -0.1) is 0 Å². The van der Waals surface area contributed by atoms with Crippen LogP contribution in [0, 0.1) is 0 Å². The van der Waals surface area contributed by atoms with Gasteiger partial charge in [0.2, 0.25) is 0 Å². The molecule has 0 saturated heterocycles. The number of methoxy groups -OCH3 is 1. The van der Waals surface area contributed by atoms with Crippen molar-refractivity contribution in [3.8, 4) is 0 Å². The predicted molar refractivity (Wildman–Crippen MR) is 54.0 cm³/mol. The zero-order chi connectivity index (χ0) is 10.4. The minimum absolute atomic E-state index is 0.347.